The Labute approximate surface area is 232 Å². The highest BCUT2D eigenvalue weighted by Gasteiger charge is 2.55. The van der Waals surface area contributed by atoms with Gasteiger partial charge in [0.15, 0.2) is 0 Å². The Kier molecular flexibility index (Phi) is 13.5. The summed E-state index contributed by atoms with van der Waals surface area (Å²) >= 11 is 0. The molecule has 0 aliphatic carbocycles. The van der Waals surface area contributed by atoms with Gasteiger partial charge in [0.05, 0.1) is 52.9 Å². The van der Waals surface area contributed by atoms with E-state index in [2.05, 4.69) is 0 Å². The first kappa shape index (κ1) is 34.6. The molecule has 2 aromatic carbocycles. The molecule has 226 valence electrons. The molecule has 0 aliphatic heterocycles. The molecule has 0 amide bonds. The fourth-order valence-corrected chi connectivity index (χ4v) is 6.58. The Bertz CT molecular complexity index is 1020. The van der Waals surface area contributed by atoms with Gasteiger partial charge in [0.2, 0.25) is 0 Å². The Morgan fingerprint density at radius 3 is 1.07 bits per heavy atom. The summed E-state index contributed by atoms with van der Waals surface area (Å²) in [6, 6.07) is 10.3. The van der Waals surface area contributed by atoms with E-state index in [4.69, 9.17) is 27.6 Å². The maximum Gasteiger partial charge on any atom is 0.404 e. The molecular formula is C26H36F4O8P2. The van der Waals surface area contributed by atoms with Crippen molar-refractivity contribution in [1.29, 1.82) is 0 Å². The van der Waals surface area contributed by atoms with Crippen molar-refractivity contribution in [3.63, 3.8) is 0 Å². The number of ether oxygens (including phenoxy) is 2. The van der Waals surface area contributed by atoms with E-state index in [0.717, 1.165) is 24.3 Å². The number of rotatable bonds is 19. The van der Waals surface area contributed by atoms with Gasteiger partial charge in [-0.2, -0.15) is 17.6 Å². The van der Waals surface area contributed by atoms with Crippen LogP contribution in [0.3, 0.4) is 0 Å². The fourth-order valence-electron chi connectivity index (χ4n) is 3.50. The first-order valence-corrected chi connectivity index (χ1v) is 15.9. The zero-order valence-electron chi connectivity index (χ0n) is 22.9. The minimum absolute atomic E-state index is 0.118. The van der Waals surface area contributed by atoms with Gasteiger partial charge in [0, 0.05) is 11.1 Å². The van der Waals surface area contributed by atoms with Crippen molar-refractivity contribution in [3.8, 4) is 0 Å². The van der Waals surface area contributed by atoms with Crippen molar-refractivity contribution >= 4 is 15.2 Å². The Morgan fingerprint density at radius 2 is 0.825 bits per heavy atom. The molecule has 0 heterocycles. The number of hydrogen-bond acceptors (Lipinski definition) is 8. The summed E-state index contributed by atoms with van der Waals surface area (Å²) in [7, 11) is -9.37. The van der Waals surface area contributed by atoms with Crippen molar-refractivity contribution in [2.45, 2.75) is 52.2 Å². The molecule has 8 nitrogen and oxygen atoms in total. The quantitative estimate of drug-likeness (QED) is 0.0892. The molecule has 0 fully saturated rings. The van der Waals surface area contributed by atoms with Gasteiger partial charge in [0.1, 0.15) is 0 Å². The van der Waals surface area contributed by atoms with E-state index in [1.54, 1.807) is 0 Å². The second-order valence-corrected chi connectivity index (χ2v) is 12.4. The van der Waals surface area contributed by atoms with Crippen LogP contribution in [-0.4, -0.2) is 39.6 Å². The zero-order valence-corrected chi connectivity index (χ0v) is 24.7. The van der Waals surface area contributed by atoms with Gasteiger partial charge in [-0.1, -0.05) is 48.5 Å². The predicted octanol–water partition coefficient (Wildman–Crippen LogP) is 8.05. The molecule has 0 radical (unpaired) electrons. The Balaban J connectivity index is 1.83. The molecule has 0 spiro atoms. The van der Waals surface area contributed by atoms with Crippen molar-refractivity contribution < 1.29 is 54.3 Å². The molecular weight excluding hydrogens is 578 g/mol. The fraction of sp³-hybridized carbons (Fsp3) is 0.538. The molecule has 0 unspecified atom stereocenters. The zero-order chi connectivity index (χ0) is 29.9. The highest BCUT2D eigenvalue weighted by molar-refractivity contribution is 7.55. The van der Waals surface area contributed by atoms with Crippen molar-refractivity contribution in [3.05, 3.63) is 70.8 Å². The lowest BCUT2D eigenvalue weighted by atomic mass is 10.1. The third kappa shape index (κ3) is 8.46. The van der Waals surface area contributed by atoms with Gasteiger partial charge in [-0.15, -0.1) is 0 Å². The van der Waals surface area contributed by atoms with Gasteiger partial charge in [0.25, 0.3) is 0 Å². The molecule has 0 bridgehead atoms. The van der Waals surface area contributed by atoms with E-state index >= 15 is 0 Å². The number of benzene rings is 2. The van der Waals surface area contributed by atoms with Crippen LogP contribution >= 0.6 is 15.2 Å². The highest BCUT2D eigenvalue weighted by atomic mass is 31.2. The Morgan fingerprint density at radius 1 is 0.550 bits per heavy atom. The largest absolute Gasteiger partial charge is 0.404 e. The summed E-state index contributed by atoms with van der Waals surface area (Å²) in [6.07, 6.45) is 0. The summed E-state index contributed by atoms with van der Waals surface area (Å²) < 4.78 is 115. The summed E-state index contributed by atoms with van der Waals surface area (Å²) in [5.74, 6) is 0. The molecule has 2 aromatic rings. The van der Waals surface area contributed by atoms with E-state index in [0.29, 0.717) is 11.1 Å². The minimum atomic E-state index is -4.69. The monoisotopic (exact) mass is 614 g/mol. The van der Waals surface area contributed by atoms with Crippen LogP contribution in [0.25, 0.3) is 0 Å². The lowest BCUT2D eigenvalue weighted by molar-refractivity contribution is 0.0326. The minimum Gasteiger partial charge on any atom is -0.374 e. The third-order valence-electron chi connectivity index (χ3n) is 5.40. The predicted molar refractivity (Wildman–Crippen MR) is 142 cm³/mol. The van der Waals surface area contributed by atoms with Gasteiger partial charge < -0.3 is 27.6 Å². The first-order chi connectivity index (χ1) is 18.9. The van der Waals surface area contributed by atoms with E-state index in [9.17, 15) is 26.7 Å². The molecule has 0 N–H and O–H groups in total. The molecule has 40 heavy (non-hydrogen) atoms. The van der Waals surface area contributed by atoms with Crippen molar-refractivity contribution in [2.75, 3.05) is 39.6 Å². The lowest BCUT2D eigenvalue weighted by Crippen LogP contribution is -2.18. The smallest absolute Gasteiger partial charge is 0.374 e. The lowest BCUT2D eigenvalue weighted by Gasteiger charge is -2.26. The molecule has 0 saturated carbocycles. The summed E-state index contributed by atoms with van der Waals surface area (Å²) in [5.41, 5.74) is -7.40. The molecule has 0 aromatic heterocycles. The van der Waals surface area contributed by atoms with Crippen molar-refractivity contribution in [2.24, 2.45) is 0 Å². The van der Waals surface area contributed by atoms with Crippen LogP contribution in [0.2, 0.25) is 0 Å². The van der Waals surface area contributed by atoms with E-state index in [-0.39, 0.29) is 52.9 Å². The van der Waals surface area contributed by atoms with Gasteiger partial charge >= 0.3 is 26.5 Å². The van der Waals surface area contributed by atoms with Gasteiger partial charge in [-0.3, -0.25) is 9.13 Å². The summed E-state index contributed by atoms with van der Waals surface area (Å²) in [4.78, 5) is 0. The average Bonchev–Trinajstić information content (AvgIpc) is 2.91. The van der Waals surface area contributed by atoms with Crippen LogP contribution in [-0.2, 0) is 61.2 Å². The van der Waals surface area contributed by atoms with Crippen LogP contribution in [0.5, 0.6) is 0 Å². The number of alkyl halides is 4. The molecule has 14 heteroatoms. The van der Waals surface area contributed by atoms with Gasteiger partial charge in [-0.25, -0.2) is 0 Å². The number of halogens is 4. The number of hydrogen-bond donors (Lipinski definition) is 0. The molecule has 2 rings (SSSR count). The van der Waals surface area contributed by atoms with Crippen LogP contribution in [0.1, 0.15) is 49.9 Å². The molecule has 0 saturated heterocycles. The second-order valence-electron chi connectivity index (χ2n) is 8.25. The van der Waals surface area contributed by atoms with Crippen LogP contribution in [0, 0.1) is 0 Å². The highest BCUT2D eigenvalue weighted by Crippen LogP contribution is 2.67. The summed E-state index contributed by atoms with van der Waals surface area (Å²) in [5, 5.41) is 0. The Hall–Kier alpha value is -1.62. The SMILES string of the molecule is CCOP(=O)(OCC)C(F)(F)c1ccc(COCCOCc2ccc(C(F)(F)P(=O)(OCC)OCC)cc2)cc1. The van der Waals surface area contributed by atoms with Crippen LogP contribution < -0.4 is 0 Å². The van der Waals surface area contributed by atoms with E-state index in [1.165, 1.54) is 52.0 Å². The van der Waals surface area contributed by atoms with Crippen LogP contribution in [0.15, 0.2) is 48.5 Å². The molecule has 0 aliphatic rings. The van der Waals surface area contributed by atoms with Crippen LogP contribution in [0.4, 0.5) is 17.6 Å². The second kappa shape index (κ2) is 15.6. The van der Waals surface area contributed by atoms with Crippen molar-refractivity contribution in [1.82, 2.24) is 0 Å². The van der Waals surface area contributed by atoms with E-state index in [1.807, 2.05) is 0 Å². The standard InChI is InChI=1S/C26H36F4O8P2/c1-5-35-39(31,36-6-2)25(27,28)23-13-9-21(10-14-23)19-33-17-18-34-20-22-11-15-24(16-12-22)26(29,30)40(32,37-7-3)38-8-4/h9-16H,5-8,17-20H2,1-4H3. The summed E-state index contributed by atoms with van der Waals surface area (Å²) in [6.45, 7) is 5.68. The maximum absolute atomic E-state index is 14.8. The van der Waals surface area contributed by atoms with E-state index < -0.39 is 37.6 Å². The topological polar surface area (TPSA) is 89.5 Å². The maximum atomic E-state index is 14.8. The first-order valence-electron chi connectivity index (χ1n) is 12.8. The average molecular weight is 615 g/mol. The third-order valence-corrected chi connectivity index (χ3v) is 9.68. The van der Waals surface area contributed by atoms with Gasteiger partial charge in [-0.05, 0) is 38.8 Å². The normalized spacial score (nSPS) is 13.1. The molecule has 0 atom stereocenters.